The first-order chi connectivity index (χ1) is 13.5. The zero-order chi connectivity index (χ0) is 24.1. The van der Waals surface area contributed by atoms with Gasteiger partial charge < -0.3 is 25.5 Å². The fourth-order valence-electron chi connectivity index (χ4n) is 1.66. The lowest BCUT2D eigenvalue weighted by molar-refractivity contribution is -0.138. The molecular formula is C22H50O7. The summed E-state index contributed by atoms with van der Waals surface area (Å²) in [6.07, 6.45) is 6.69. The zero-order valence-electron chi connectivity index (χ0n) is 20.0. The summed E-state index contributed by atoms with van der Waals surface area (Å²) in [7, 11) is 0. The molecular weight excluding hydrogens is 376 g/mol. The second-order valence-electron chi connectivity index (χ2n) is 7.02. The van der Waals surface area contributed by atoms with E-state index in [0.717, 1.165) is 38.5 Å². The van der Waals surface area contributed by atoms with E-state index in [4.69, 9.17) is 25.5 Å². The topological polar surface area (TPSA) is 135 Å². The molecule has 0 bridgehead atoms. The summed E-state index contributed by atoms with van der Waals surface area (Å²) >= 11 is 0. The van der Waals surface area contributed by atoms with Crippen LogP contribution in [0.4, 0.5) is 0 Å². The molecule has 0 atom stereocenters. The quantitative estimate of drug-likeness (QED) is 0.323. The third-order valence-corrected chi connectivity index (χ3v) is 2.84. The van der Waals surface area contributed by atoms with E-state index in [1.54, 1.807) is 20.8 Å². The van der Waals surface area contributed by atoms with Crippen molar-refractivity contribution in [1.29, 1.82) is 0 Å². The molecule has 0 radical (unpaired) electrons. The van der Waals surface area contributed by atoms with Crippen molar-refractivity contribution in [1.82, 2.24) is 0 Å². The summed E-state index contributed by atoms with van der Waals surface area (Å²) < 4.78 is 0. The number of carboxylic acid groups (broad SMARTS) is 2. The maximum Gasteiger partial charge on any atom is 0.303 e. The Hall–Kier alpha value is -1.18. The smallest absolute Gasteiger partial charge is 0.303 e. The number of carbonyl (C=O) groups is 2. The van der Waals surface area contributed by atoms with Gasteiger partial charge in [0.1, 0.15) is 0 Å². The fourth-order valence-corrected chi connectivity index (χ4v) is 1.66. The maximum atomic E-state index is 10.0. The maximum absolute atomic E-state index is 10.0. The highest BCUT2D eigenvalue weighted by molar-refractivity contribution is 5.66. The van der Waals surface area contributed by atoms with Crippen LogP contribution in [0, 0.1) is 11.8 Å². The Bertz CT molecular complexity index is 262. The van der Waals surface area contributed by atoms with Gasteiger partial charge in [-0.3, -0.25) is 9.59 Å². The lowest BCUT2D eigenvalue weighted by atomic mass is 10.1. The molecule has 0 aliphatic carbocycles. The van der Waals surface area contributed by atoms with Crippen LogP contribution in [0.3, 0.4) is 0 Å². The molecule has 0 amide bonds. The minimum Gasteiger partial charge on any atom is -0.481 e. The molecule has 0 heterocycles. The van der Waals surface area contributed by atoms with Crippen molar-refractivity contribution < 1.29 is 35.1 Å². The highest BCUT2D eigenvalue weighted by Gasteiger charge is 1.98. The second kappa shape index (κ2) is 37.6. The third kappa shape index (κ3) is 101. The molecule has 7 nitrogen and oxygen atoms in total. The predicted molar refractivity (Wildman–Crippen MR) is 120 cm³/mol. The van der Waals surface area contributed by atoms with Gasteiger partial charge in [0.15, 0.2) is 0 Å². The lowest BCUT2D eigenvalue weighted by Crippen LogP contribution is -1.94. The van der Waals surface area contributed by atoms with Gasteiger partial charge in [-0.05, 0) is 45.4 Å². The predicted octanol–water partition coefficient (Wildman–Crippen LogP) is 4.57. The van der Waals surface area contributed by atoms with Crippen LogP contribution in [0.1, 0.15) is 99.8 Å². The molecule has 0 rings (SSSR count). The summed E-state index contributed by atoms with van der Waals surface area (Å²) in [5, 5.41) is 39.3. The van der Waals surface area contributed by atoms with Crippen molar-refractivity contribution in [3.05, 3.63) is 0 Å². The van der Waals surface area contributed by atoms with Crippen molar-refractivity contribution in [2.45, 2.75) is 99.8 Å². The monoisotopic (exact) mass is 426 g/mol. The Labute approximate surface area is 179 Å². The van der Waals surface area contributed by atoms with Crippen LogP contribution in [0.2, 0.25) is 0 Å². The molecule has 0 fully saturated rings. The summed E-state index contributed by atoms with van der Waals surface area (Å²) in [6, 6.07) is 0. The molecule has 0 aromatic carbocycles. The number of rotatable bonds is 10. The van der Waals surface area contributed by atoms with E-state index >= 15 is 0 Å². The molecule has 0 saturated carbocycles. The zero-order valence-corrected chi connectivity index (χ0v) is 20.0. The molecule has 7 heteroatoms. The molecule has 0 aromatic rings. The summed E-state index contributed by atoms with van der Waals surface area (Å²) in [5.74, 6) is 0.0510. The number of aliphatic carboxylic acids is 2. The molecule has 0 aromatic heterocycles. The largest absolute Gasteiger partial charge is 0.481 e. The number of hydrogen-bond donors (Lipinski definition) is 5. The molecule has 29 heavy (non-hydrogen) atoms. The minimum absolute atomic E-state index is 0.250. The first kappa shape index (κ1) is 38.4. The van der Waals surface area contributed by atoms with E-state index in [-0.39, 0.29) is 19.8 Å². The fraction of sp³-hybridized carbons (Fsp3) is 0.909. The molecule has 0 aliphatic heterocycles. The van der Waals surface area contributed by atoms with Crippen molar-refractivity contribution in [2.24, 2.45) is 11.8 Å². The highest BCUT2D eigenvalue weighted by Crippen LogP contribution is 2.08. The van der Waals surface area contributed by atoms with Gasteiger partial charge in [0, 0.05) is 32.7 Å². The van der Waals surface area contributed by atoms with Gasteiger partial charge in [0.2, 0.25) is 0 Å². The van der Waals surface area contributed by atoms with Crippen molar-refractivity contribution in [2.75, 3.05) is 19.8 Å². The molecule has 180 valence electrons. The van der Waals surface area contributed by atoms with E-state index in [1.165, 1.54) is 0 Å². The van der Waals surface area contributed by atoms with Crippen LogP contribution in [0.5, 0.6) is 0 Å². The molecule has 0 unspecified atom stereocenters. The Kier molecular flexibility index (Phi) is 49.8. The average Bonchev–Trinajstić information content (AvgIpc) is 2.58. The SMILES string of the molecule is CC(C)CCCCC(=O)O.CC(C)CCCCC(=O)O.CCO.CCO.CCO. The van der Waals surface area contributed by atoms with Crippen molar-refractivity contribution in [3.8, 4) is 0 Å². The first-order valence-corrected chi connectivity index (χ1v) is 10.8. The summed E-state index contributed by atoms with van der Waals surface area (Å²) in [6.45, 7) is 14.4. The number of carboxylic acids is 2. The van der Waals surface area contributed by atoms with Gasteiger partial charge in [-0.1, -0.05) is 53.4 Å². The van der Waals surface area contributed by atoms with E-state index < -0.39 is 11.9 Å². The van der Waals surface area contributed by atoms with Crippen LogP contribution >= 0.6 is 0 Å². The lowest BCUT2D eigenvalue weighted by Gasteiger charge is -2.01. The summed E-state index contributed by atoms with van der Waals surface area (Å²) in [4.78, 5) is 20.1. The van der Waals surface area contributed by atoms with Gasteiger partial charge in [-0.2, -0.15) is 0 Å². The standard InChI is InChI=1S/2C8H16O2.3C2H6O/c2*1-7(2)5-3-4-6-8(9)10;3*1-2-3/h2*7H,3-6H2,1-2H3,(H,9,10);3*3H,2H2,1H3. The molecule has 0 spiro atoms. The number of aliphatic hydroxyl groups is 3. The number of unbranched alkanes of at least 4 members (excludes halogenated alkanes) is 2. The van der Waals surface area contributed by atoms with E-state index in [2.05, 4.69) is 27.7 Å². The van der Waals surface area contributed by atoms with Gasteiger partial charge in [-0.15, -0.1) is 0 Å². The highest BCUT2D eigenvalue weighted by atomic mass is 16.4. The molecule has 5 N–H and O–H groups in total. The molecule has 0 saturated heterocycles. The van der Waals surface area contributed by atoms with Crippen LogP contribution in [-0.2, 0) is 9.59 Å². The van der Waals surface area contributed by atoms with E-state index in [1.807, 2.05) is 0 Å². The number of hydrogen-bond acceptors (Lipinski definition) is 5. The molecule has 0 aliphatic rings. The van der Waals surface area contributed by atoms with Crippen LogP contribution in [0.25, 0.3) is 0 Å². The average molecular weight is 427 g/mol. The normalized spacial score (nSPS) is 8.97. The Balaban J connectivity index is -0.0000000943. The van der Waals surface area contributed by atoms with Gasteiger partial charge in [0.25, 0.3) is 0 Å². The van der Waals surface area contributed by atoms with E-state index in [0.29, 0.717) is 24.7 Å². The van der Waals surface area contributed by atoms with Crippen LogP contribution < -0.4 is 0 Å². The Morgan fingerprint density at radius 2 is 0.793 bits per heavy atom. The van der Waals surface area contributed by atoms with Crippen LogP contribution in [0.15, 0.2) is 0 Å². The summed E-state index contributed by atoms with van der Waals surface area (Å²) in [5.41, 5.74) is 0. The second-order valence-corrected chi connectivity index (χ2v) is 7.02. The minimum atomic E-state index is -0.677. The van der Waals surface area contributed by atoms with Crippen molar-refractivity contribution >= 4 is 11.9 Å². The Morgan fingerprint density at radius 1 is 0.586 bits per heavy atom. The van der Waals surface area contributed by atoms with Gasteiger partial charge >= 0.3 is 11.9 Å². The third-order valence-electron chi connectivity index (χ3n) is 2.84. The van der Waals surface area contributed by atoms with Gasteiger partial charge in [0.05, 0.1) is 0 Å². The van der Waals surface area contributed by atoms with Crippen molar-refractivity contribution in [3.63, 3.8) is 0 Å². The number of aliphatic hydroxyl groups excluding tert-OH is 3. The van der Waals surface area contributed by atoms with Crippen LogP contribution in [-0.4, -0.2) is 57.3 Å². The van der Waals surface area contributed by atoms with E-state index in [9.17, 15) is 9.59 Å². The van der Waals surface area contributed by atoms with Gasteiger partial charge in [-0.25, -0.2) is 0 Å². The first-order valence-electron chi connectivity index (χ1n) is 10.8. The Morgan fingerprint density at radius 3 is 0.931 bits per heavy atom.